The van der Waals surface area contributed by atoms with Gasteiger partial charge in [-0.25, -0.2) is 8.42 Å². The second-order valence-corrected chi connectivity index (χ2v) is 5.97. The van der Waals surface area contributed by atoms with E-state index in [9.17, 15) is 13.2 Å². The summed E-state index contributed by atoms with van der Waals surface area (Å²) in [5.74, 6) is -0.0683. The van der Waals surface area contributed by atoms with Crippen LogP contribution in [0.25, 0.3) is 10.8 Å². The molecule has 2 aromatic carbocycles. The van der Waals surface area contributed by atoms with Crippen molar-refractivity contribution >= 4 is 26.4 Å². The molecule has 3 nitrogen and oxygen atoms in total. The Morgan fingerprint density at radius 1 is 1.00 bits per heavy atom. The Labute approximate surface area is 100.0 Å². The summed E-state index contributed by atoms with van der Waals surface area (Å²) in [6.07, 6.45) is 1.17. The number of carbonyl (C=O) groups is 1. The molecular formula is C13H12O3S. The first-order chi connectivity index (χ1) is 7.91. The first kappa shape index (κ1) is 11.8. The fourth-order valence-electron chi connectivity index (χ4n) is 1.90. The second kappa shape index (κ2) is 3.96. The summed E-state index contributed by atoms with van der Waals surface area (Å²) in [5.41, 5.74) is 0.549. The van der Waals surface area contributed by atoms with E-state index in [0.717, 1.165) is 0 Å². The van der Waals surface area contributed by atoms with Crippen molar-refractivity contribution in [2.75, 3.05) is 6.26 Å². The molecule has 0 atom stereocenters. The molecule has 2 aromatic rings. The maximum atomic E-state index is 11.6. The lowest BCUT2D eigenvalue weighted by Crippen LogP contribution is -2.01. The van der Waals surface area contributed by atoms with Crippen LogP contribution in [0.1, 0.15) is 17.3 Å². The third-order valence-electron chi connectivity index (χ3n) is 2.66. The lowest BCUT2D eigenvalue weighted by Gasteiger charge is -2.07. The number of sulfone groups is 1. The van der Waals surface area contributed by atoms with Crippen molar-refractivity contribution in [1.82, 2.24) is 0 Å². The van der Waals surface area contributed by atoms with Crippen molar-refractivity contribution in [2.45, 2.75) is 11.8 Å². The molecule has 0 fully saturated rings. The van der Waals surface area contributed by atoms with Crippen molar-refractivity contribution in [1.29, 1.82) is 0 Å². The summed E-state index contributed by atoms with van der Waals surface area (Å²) in [5, 5.41) is 1.28. The van der Waals surface area contributed by atoms with E-state index >= 15 is 0 Å². The van der Waals surface area contributed by atoms with Gasteiger partial charge in [-0.1, -0.05) is 24.3 Å². The molecule has 0 aromatic heterocycles. The van der Waals surface area contributed by atoms with E-state index in [4.69, 9.17) is 0 Å². The van der Waals surface area contributed by atoms with Crippen LogP contribution in [0.2, 0.25) is 0 Å². The van der Waals surface area contributed by atoms with Crippen molar-refractivity contribution in [3.8, 4) is 0 Å². The lowest BCUT2D eigenvalue weighted by molar-refractivity contribution is 0.101. The zero-order valence-corrected chi connectivity index (χ0v) is 10.4. The maximum Gasteiger partial charge on any atom is 0.176 e. The summed E-state index contributed by atoms with van der Waals surface area (Å²) >= 11 is 0. The SMILES string of the molecule is CC(=O)c1ccc(S(C)(=O)=O)c2ccccc12. The van der Waals surface area contributed by atoms with E-state index in [2.05, 4.69) is 0 Å². The number of hydrogen-bond donors (Lipinski definition) is 0. The highest BCUT2D eigenvalue weighted by atomic mass is 32.2. The molecule has 0 radical (unpaired) electrons. The van der Waals surface area contributed by atoms with Gasteiger partial charge >= 0.3 is 0 Å². The first-order valence-corrected chi connectivity index (χ1v) is 7.03. The molecule has 0 bridgehead atoms. The zero-order chi connectivity index (χ0) is 12.6. The molecule has 0 amide bonds. The van der Waals surface area contributed by atoms with Crippen LogP contribution in [-0.2, 0) is 9.84 Å². The third-order valence-corrected chi connectivity index (χ3v) is 3.82. The van der Waals surface area contributed by atoms with Crippen molar-refractivity contribution < 1.29 is 13.2 Å². The highest BCUT2D eigenvalue weighted by Gasteiger charge is 2.14. The molecule has 0 aliphatic carbocycles. The summed E-state index contributed by atoms with van der Waals surface area (Å²) in [6, 6.07) is 10.1. The van der Waals surface area contributed by atoms with Crippen LogP contribution >= 0.6 is 0 Å². The fraction of sp³-hybridized carbons (Fsp3) is 0.154. The van der Waals surface area contributed by atoms with Gasteiger partial charge in [0.15, 0.2) is 15.6 Å². The van der Waals surface area contributed by atoms with Gasteiger partial charge in [0.05, 0.1) is 4.90 Å². The first-order valence-electron chi connectivity index (χ1n) is 5.14. The molecule has 2 rings (SSSR count). The van der Waals surface area contributed by atoms with Gasteiger partial charge in [-0.2, -0.15) is 0 Å². The van der Waals surface area contributed by atoms with E-state index in [-0.39, 0.29) is 10.7 Å². The summed E-state index contributed by atoms with van der Waals surface area (Å²) in [6.45, 7) is 1.47. The van der Waals surface area contributed by atoms with Crippen LogP contribution in [-0.4, -0.2) is 20.5 Å². The molecule has 0 saturated carbocycles. The number of ketones is 1. The molecule has 0 unspecified atom stereocenters. The van der Waals surface area contributed by atoms with Gasteiger partial charge < -0.3 is 0 Å². The summed E-state index contributed by atoms with van der Waals surface area (Å²) in [4.78, 5) is 11.7. The molecule has 4 heteroatoms. The Morgan fingerprint density at radius 3 is 2.12 bits per heavy atom. The smallest absolute Gasteiger partial charge is 0.176 e. The Balaban J connectivity index is 2.95. The highest BCUT2D eigenvalue weighted by Crippen LogP contribution is 2.26. The Hall–Kier alpha value is -1.68. The Bertz CT molecular complexity index is 700. The molecule has 0 spiro atoms. The van der Waals surface area contributed by atoms with Gasteiger partial charge in [-0.3, -0.25) is 4.79 Å². The Morgan fingerprint density at radius 2 is 1.59 bits per heavy atom. The van der Waals surface area contributed by atoms with Crippen LogP contribution in [0.3, 0.4) is 0 Å². The summed E-state index contributed by atoms with van der Waals surface area (Å²) in [7, 11) is -3.28. The van der Waals surface area contributed by atoms with Gasteiger partial charge in [-0.15, -0.1) is 0 Å². The number of rotatable bonds is 2. The van der Waals surface area contributed by atoms with Gasteiger partial charge in [0.2, 0.25) is 0 Å². The highest BCUT2D eigenvalue weighted by molar-refractivity contribution is 7.91. The van der Waals surface area contributed by atoms with Crippen molar-refractivity contribution in [3.05, 3.63) is 42.0 Å². The molecule has 17 heavy (non-hydrogen) atoms. The van der Waals surface area contributed by atoms with E-state index in [0.29, 0.717) is 16.3 Å². The van der Waals surface area contributed by atoms with E-state index in [1.807, 2.05) is 0 Å². The van der Waals surface area contributed by atoms with Crippen LogP contribution in [0.4, 0.5) is 0 Å². The average Bonchev–Trinajstić information content (AvgIpc) is 2.26. The van der Waals surface area contributed by atoms with E-state index < -0.39 is 9.84 Å². The number of carbonyl (C=O) groups excluding carboxylic acids is 1. The molecule has 0 aliphatic rings. The minimum atomic E-state index is -3.28. The molecule has 0 aliphatic heterocycles. The largest absolute Gasteiger partial charge is 0.294 e. The van der Waals surface area contributed by atoms with Crippen molar-refractivity contribution in [2.24, 2.45) is 0 Å². The molecule has 0 heterocycles. The lowest BCUT2D eigenvalue weighted by atomic mass is 10.0. The van der Waals surface area contributed by atoms with Crippen LogP contribution in [0.5, 0.6) is 0 Å². The average molecular weight is 248 g/mol. The molecule has 88 valence electrons. The predicted octanol–water partition coefficient (Wildman–Crippen LogP) is 2.45. The number of benzene rings is 2. The summed E-state index contributed by atoms with van der Waals surface area (Å²) < 4.78 is 23.3. The standard InChI is InChI=1S/C13H12O3S/c1-9(14)10-7-8-13(17(2,15)16)12-6-4-3-5-11(10)12/h3-8H,1-2H3. The third kappa shape index (κ3) is 2.08. The quantitative estimate of drug-likeness (QED) is 0.767. The van der Waals surface area contributed by atoms with E-state index in [1.54, 1.807) is 30.3 Å². The molecule has 0 saturated heterocycles. The second-order valence-electron chi connectivity index (χ2n) is 3.99. The van der Waals surface area contributed by atoms with Crippen molar-refractivity contribution in [3.63, 3.8) is 0 Å². The van der Waals surface area contributed by atoms with Crippen LogP contribution in [0.15, 0.2) is 41.3 Å². The van der Waals surface area contributed by atoms with Gasteiger partial charge in [0, 0.05) is 17.2 Å². The fourth-order valence-corrected chi connectivity index (χ4v) is 2.79. The zero-order valence-electron chi connectivity index (χ0n) is 9.60. The number of hydrogen-bond acceptors (Lipinski definition) is 3. The maximum absolute atomic E-state index is 11.6. The predicted molar refractivity (Wildman–Crippen MR) is 67.1 cm³/mol. The normalized spacial score (nSPS) is 11.6. The van der Waals surface area contributed by atoms with Crippen LogP contribution in [0, 0.1) is 0 Å². The van der Waals surface area contributed by atoms with Gasteiger partial charge in [0.1, 0.15) is 0 Å². The molecule has 0 N–H and O–H groups in total. The van der Waals surface area contributed by atoms with E-state index in [1.165, 1.54) is 19.2 Å². The van der Waals surface area contributed by atoms with Gasteiger partial charge in [-0.05, 0) is 24.4 Å². The Kier molecular flexibility index (Phi) is 2.75. The monoisotopic (exact) mass is 248 g/mol. The minimum absolute atomic E-state index is 0.0683. The van der Waals surface area contributed by atoms with Crippen LogP contribution < -0.4 is 0 Å². The molecular weight excluding hydrogens is 236 g/mol. The topological polar surface area (TPSA) is 51.2 Å². The number of fused-ring (bicyclic) bond motifs is 1. The number of Topliss-reactive ketones (excluding diaryl/α,β-unsaturated/α-hetero) is 1. The van der Waals surface area contributed by atoms with Gasteiger partial charge in [0.25, 0.3) is 0 Å². The minimum Gasteiger partial charge on any atom is -0.294 e.